The Morgan fingerprint density at radius 1 is 1.56 bits per heavy atom. The number of carbonyl (C=O) groups is 1. The third kappa shape index (κ3) is 4.74. The van der Waals surface area contributed by atoms with Crippen LogP contribution in [0.4, 0.5) is 0 Å². The smallest absolute Gasteiger partial charge is 0.254 e. The minimum atomic E-state index is -0.131. The van der Waals surface area contributed by atoms with E-state index < -0.39 is 0 Å². The van der Waals surface area contributed by atoms with Crippen molar-refractivity contribution in [3.05, 3.63) is 28.5 Å². The van der Waals surface area contributed by atoms with Gasteiger partial charge in [-0.05, 0) is 46.8 Å². The van der Waals surface area contributed by atoms with Crippen LogP contribution in [0.25, 0.3) is 0 Å². The van der Waals surface area contributed by atoms with Gasteiger partial charge in [-0.1, -0.05) is 13.3 Å². The first-order valence-corrected chi connectivity index (χ1v) is 6.97. The second-order valence-corrected chi connectivity index (χ2v) is 4.97. The minimum Gasteiger partial charge on any atom is -0.396 e. The average molecular weight is 315 g/mol. The fourth-order valence-corrected chi connectivity index (χ4v) is 2.26. The molecule has 1 aromatic rings. The number of pyridine rings is 1. The summed E-state index contributed by atoms with van der Waals surface area (Å²) < 4.78 is 0.552. The fourth-order valence-electron chi connectivity index (χ4n) is 1.83. The van der Waals surface area contributed by atoms with Crippen LogP contribution >= 0.6 is 15.9 Å². The summed E-state index contributed by atoms with van der Waals surface area (Å²) in [5, 5.41) is 11.8. The largest absolute Gasteiger partial charge is 0.396 e. The van der Waals surface area contributed by atoms with Gasteiger partial charge in [-0.3, -0.25) is 4.79 Å². The molecule has 0 bridgehead atoms. The zero-order chi connectivity index (χ0) is 13.4. The predicted octanol–water partition coefficient (Wildman–Crippen LogP) is 2.37. The Kier molecular flexibility index (Phi) is 6.90. The van der Waals surface area contributed by atoms with Crippen LogP contribution in [-0.4, -0.2) is 29.1 Å². The molecule has 0 aromatic carbocycles. The Labute approximate surface area is 116 Å². The Morgan fingerprint density at radius 2 is 2.33 bits per heavy atom. The molecule has 0 spiro atoms. The number of carbonyl (C=O) groups excluding carboxylic acids is 1. The number of aliphatic hydroxyl groups excluding tert-OH is 1. The lowest BCUT2D eigenvalue weighted by atomic mass is 10.0. The highest BCUT2D eigenvalue weighted by Crippen LogP contribution is 2.13. The summed E-state index contributed by atoms with van der Waals surface area (Å²) in [5.74, 6) is 0.202. The van der Waals surface area contributed by atoms with Crippen LogP contribution in [0.1, 0.15) is 36.5 Å². The van der Waals surface area contributed by atoms with Crippen LogP contribution in [0.2, 0.25) is 0 Å². The van der Waals surface area contributed by atoms with Gasteiger partial charge in [0, 0.05) is 19.3 Å². The van der Waals surface area contributed by atoms with E-state index >= 15 is 0 Å². The van der Waals surface area contributed by atoms with Crippen LogP contribution in [0, 0.1) is 5.92 Å². The third-order valence-corrected chi connectivity index (χ3v) is 3.42. The lowest BCUT2D eigenvalue weighted by Gasteiger charge is -2.15. The van der Waals surface area contributed by atoms with Crippen LogP contribution < -0.4 is 5.32 Å². The number of rotatable bonds is 7. The van der Waals surface area contributed by atoms with Gasteiger partial charge >= 0.3 is 0 Å². The first-order chi connectivity index (χ1) is 8.69. The van der Waals surface area contributed by atoms with E-state index in [1.165, 1.54) is 0 Å². The van der Waals surface area contributed by atoms with Crippen molar-refractivity contribution in [2.24, 2.45) is 5.92 Å². The Hall–Kier alpha value is -0.940. The normalized spacial score (nSPS) is 12.2. The van der Waals surface area contributed by atoms with Crippen molar-refractivity contribution in [3.8, 4) is 0 Å². The van der Waals surface area contributed by atoms with Crippen molar-refractivity contribution < 1.29 is 9.90 Å². The van der Waals surface area contributed by atoms with Crippen LogP contribution in [-0.2, 0) is 0 Å². The molecule has 1 rings (SSSR count). The Bertz CT molecular complexity index is 379. The van der Waals surface area contributed by atoms with Gasteiger partial charge in [-0.2, -0.15) is 0 Å². The summed E-state index contributed by atoms with van der Waals surface area (Å²) in [6, 6.07) is 3.46. The highest BCUT2D eigenvalue weighted by atomic mass is 79.9. The molecule has 5 heteroatoms. The average Bonchev–Trinajstić information content (AvgIpc) is 2.36. The summed E-state index contributed by atoms with van der Waals surface area (Å²) in [5.41, 5.74) is 0.539. The van der Waals surface area contributed by atoms with Gasteiger partial charge in [0.1, 0.15) is 4.60 Å². The van der Waals surface area contributed by atoms with Crippen LogP contribution in [0.15, 0.2) is 22.9 Å². The molecule has 4 nitrogen and oxygen atoms in total. The Balaban J connectivity index is 2.52. The molecule has 1 amide bonds. The molecule has 100 valence electrons. The minimum absolute atomic E-state index is 0.131. The zero-order valence-corrected chi connectivity index (χ0v) is 12.1. The lowest BCUT2D eigenvalue weighted by Crippen LogP contribution is -2.30. The van der Waals surface area contributed by atoms with Gasteiger partial charge in [0.2, 0.25) is 0 Å². The predicted molar refractivity (Wildman–Crippen MR) is 74.4 cm³/mol. The van der Waals surface area contributed by atoms with E-state index in [1.807, 2.05) is 0 Å². The maximum Gasteiger partial charge on any atom is 0.254 e. The summed E-state index contributed by atoms with van der Waals surface area (Å²) in [6.07, 6.45) is 4.42. The van der Waals surface area contributed by atoms with Gasteiger partial charge in [0.15, 0.2) is 0 Å². The molecule has 0 aliphatic carbocycles. The maximum absolute atomic E-state index is 11.9. The van der Waals surface area contributed by atoms with Crippen molar-refractivity contribution >= 4 is 21.8 Å². The molecule has 18 heavy (non-hydrogen) atoms. The molecule has 2 N–H and O–H groups in total. The summed E-state index contributed by atoms with van der Waals surface area (Å²) in [6.45, 7) is 2.86. The fraction of sp³-hybridized carbons (Fsp3) is 0.538. The topological polar surface area (TPSA) is 62.2 Å². The van der Waals surface area contributed by atoms with Crippen molar-refractivity contribution in [3.63, 3.8) is 0 Å². The summed E-state index contributed by atoms with van der Waals surface area (Å²) >= 11 is 3.25. The van der Waals surface area contributed by atoms with E-state index in [0.29, 0.717) is 22.6 Å². The molecule has 1 atom stereocenters. The standard InChI is InChI=1S/C13H19BrN2O2/c1-2-4-10(6-8-17)9-16-13(18)11-5-3-7-15-12(11)14/h3,5,7,10,17H,2,4,6,8-9H2,1H3,(H,16,18). The molecular formula is C13H19BrN2O2. The SMILES string of the molecule is CCCC(CCO)CNC(=O)c1cccnc1Br. The molecular weight excluding hydrogens is 296 g/mol. The van der Waals surface area contributed by atoms with E-state index in [0.717, 1.165) is 19.3 Å². The molecule has 0 radical (unpaired) electrons. The molecule has 0 aliphatic heterocycles. The second-order valence-electron chi connectivity index (χ2n) is 4.22. The maximum atomic E-state index is 11.9. The number of nitrogens with one attached hydrogen (secondary N) is 1. The number of aliphatic hydroxyl groups is 1. The summed E-state index contributed by atoms with van der Waals surface area (Å²) in [4.78, 5) is 16.0. The van der Waals surface area contributed by atoms with E-state index in [4.69, 9.17) is 5.11 Å². The molecule has 0 saturated heterocycles. The molecule has 1 unspecified atom stereocenters. The first-order valence-electron chi connectivity index (χ1n) is 6.18. The van der Waals surface area contributed by atoms with E-state index in [9.17, 15) is 4.79 Å². The van der Waals surface area contributed by atoms with Crippen LogP contribution in [0.5, 0.6) is 0 Å². The van der Waals surface area contributed by atoms with E-state index in [1.54, 1.807) is 18.3 Å². The molecule has 1 heterocycles. The lowest BCUT2D eigenvalue weighted by molar-refractivity contribution is 0.0941. The molecule has 1 aromatic heterocycles. The summed E-state index contributed by atoms with van der Waals surface area (Å²) in [7, 11) is 0. The van der Waals surface area contributed by atoms with Gasteiger partial charge < -0.3 is 10.4 Å². The van der Waals surface area contributed by atoms with Crippen molar-refractivity contribution in [1.82, 2.24) is 10.3 Å². The van der Waals surface area contributed by atoms with Crippen molar-refractivity contribution in [2.45, 2.75) is 26.2 Å². The molecule has 0 fully saturated rings. The first kappa shape index (κ1) is 15.1. The number of nitrogens with zero attached hydrogens (tertiary/aromatic N) is 1. The third-order valence-electron chi connectivity index (χ3n) is 2.79. The Morgan fingerprint density at radius 3 is 2.94 bits per heavy atom. The highest BCUT2D eigenvalue weighted by molar-refractivity contribution is 9.10. The van der Waals surface area contributed by atoms with E-state index in [-0.39, 0.29) is 12.5 Å². The highest BCUT2D eigenvalue weighted by Gasteiger charge is 2.13. The van der Waals surface area contributed by atoms with Gasteiger partial charge in [-0.15, -0.1) is 0 Å². The van der Waals surface area contributed by atoms with E-state index in [2.05, 4.69) is 33.2 Å². The number of aromatic nitrogens is 1. The monoisotopic (exact) mass is 314 g/mol. The number of hydrogen-bond donors (Lipinski definition) is 2. The van der Waals surface area contributed by atoms with Crippen molar-refractivity contribution in [1.29, 1.82) is 0 Å². The number of hydrogen-bond acceptors (Lipinski definition) is 3. The van der Waals surface area contributed by atoms with Gasteiger partial charge in [-0.25, -0.2) is 4.98 Å². The van der Waals surface area contributed by atoms with Gasteiger partial charge in [0.05, 0.1) is 5.56 Å². The van der Waals surface area contributed by atoms with Crippen LogP contribution in [0.3, 0.4) is 0 Å². The molecule has 0 aliphatic rings. The van der Waals surface area contributed by atoms with Crippen molar-refractivity contribution in [2.75, 3.05) is 13.2 Å². The second kappa shape index (κ2) is 8.21. The number of halogens is 1. The zero-order valence-electron chi connectivity index (χ0n) is 10.5. The number of amides is 1. The molecule has 0 saturated carbocycles. The quantitative estimate of drug-likeness (QED) is 0.759. The van der Waals surface area contributed by atoms with Gasteiger partial charge in [0.25, 0.3) is 5.91 Å².